The Morgan fingerprint density at radius 2 is 2.09 bits per heavy atom. The molecule has 1 atom stereocenters. The lowest BCUT2D eigenvalue weighted by Crippen LogP contribution is -2.33. The standard InChI is InChI=1S/C17H25ClN2O3/c1-3-5-6-12(4-2)10-20-16(21)11-23-15-8-7-13(18)9-14(15)17(19)22/h7-9,12H,3-6,10-11H2,1-2H3,(H2,19,22)(H,20,21)/t12-/m0/s1. The summed E-state index contributed by atoms with van der Waals surface area (Å²) < 4.78 is 5.39. The van der Waals surface area contributed by atoms with E-state index >= 15 is 0 Å². The van der Waals surface area contributed by atoms with Gasteiger partial charge in [0, 0.05) is 11.6 Å². The van der Waals surface area contributed by atoms with Crippen LogP contribution in [0.1, 0.15) is 49.9 Å². The first kappa shape index (κ1) is 19.3. The lowest BCUT2D eigenvalue weighted by Gasteiger charge is -2.15. The fourth-order valence-electron chi connectivity index (χ4n) is 2.22. The molecule has 0 aliphatic heterocycles. The Morgan fingerprint density at radius 3 is 2.70 bits per heavy atom. The van der Waals surface area contributed by atoms with Crippen molar-refractivity contribution in [3.05, 3.63) is 28.8 Å². The number of nitrogens with one attached hydrogen (secondary N) is 1. The molecular formula is C17H25ClN2O3. The van der Waals surface area contributed by atoms with Crippen LogP contribution in [0.25, 0.3) is 0 Å². The minimum atomic E-state index is -0.645. The lowest BCUT2D eigenvalue weighted by molar-refractivity contribution is -0.123. The van der Waals surface area contributed by atoms with Crippen molar-refractivity contribution in [2.45, 2.75) is 39.5 Å². The molecule has 128 valence electrons. The third-order valence-electron chi connectivity index (χ3n) is 3.70. The molecule has 0 saturated carbocycles. The number of hydrogen-bond acceptors (Lipinski definition) is 3. The largest absolute Gasteiger partial charge is 0.483 e. The molecule has 1 aromatic rings. The van der Waals surface area contributed by atoms with Crippen LogP contribution in [-0.2, 0) is 4.79 Å². The van der Waals surface area contributed by atoms with Crippen molar-refractivity contribution in [2.24, 2.45) is 11.7 Å². The topological polar surface area (TPSA) is 81.4 Å². The molecule has 0 aliphatic carbocycles. The average molecular weight is 341 g/mol. The highest BCUT2D eigenvalue weighted by Crippen LogP contribution is 2.22. The highest BCUT2D eigenvalue weighted by atomic mass is 35.5. The van der Waals surface area contributed by atoms with Crippen LogP contribution in [0.5, 0.6) is 5.75 Å². The second-order valence-electron chi connectivity index (χ2n) is 5.51. The van der Waals surface area contributed by atoms with Crippen molar-refractivity contribution in [3.8, 4) is 5.75 Å². The van der Waals surface area contributed by atoms with Crippen molar-refractivity contribution in [1.82, 2.24) is 5.32 Å². The molecule has 0 fully saturated rings. The number of nitrogens with two attached hydrogens (primary N) is 1. The summed E-state index contributed by atoms with van der Waals surface area (Å²) in [7, 11) is 0. The Labute approximate surface area is 142 Å². The van der Waals surface area contributed by atoms with E-state index in [0.717, 1.165) is 25.7 Å². The van der Waals surface area contributed by atoms with Crippen LogP contribution < -0.4 is 15.8 Å². The Hall–Kier alpha value is -1.75. The predicted molar refractivity (Wildman–Crippen MR) is 91.8 cm³/mol. The Bertz CT molecular complexity index is 535. The molecule has 0 unspecified atom stereocenters. The number of amides is 2. The predicted octanol–water partition coefficient (Wildman–Crippen LogP) is 3.15. The second kappa shape index (κ2) is 10.1. The van der Waals surface area contributed by atoms with Gasteiger partial charge < -0.3 is 15.8 Å². The molecule has 0 aromatic heterocycles. The van der Waals surface area contributed by atoms with E-state index < -0.39 is 5.91 Å². The maximum atomic E-state index is 11.9. The zero-order valence-electron chi connectivity index (χ0n) is 13.7. The number of carbonyl (C=O) groups excluding carboxylic acids is 2. The molecule has 0 saturated heterocycles. The molecule has 5 nitrogen and oxygen atoms in total. The number of benzene rings is 1. The van der Waals surface area contributed by atoms with Gasteiger partial charge in [0.1, 0.15) is 5.75 Å². The number of rotatable bonds is 10. The Morgan fingerprint density at radius 1 is 1.35 bits per heavy atom. The van der Waals surface area contributed by atoms with Gasteiger partial charge in [0.15, 0.2) is 6.61 Å². The lowest BCUT2D eigenvalue weighted by atomic mass is 9.99. The van der Waals surface area contributed by atoms with E-state index in [0.29, 0.717) is 17.5 Å². The highest BCUT2D eigenvalue weighted by molar-refractivity contribution is 6.31. The number of unbranched alkanes of at least 4 members (excludes halogenated alkanes) is 1. The van der Waals surface area contributed by atoms with Gasteiger partial charge >= 0.3 is 0 Å². The molecule has 0 radical (unpaired) electrons. The summed E-state index contributed by atoms with van der Waals surface area (Å²) in [6.07, 6.45) is 4.46. The second-order valence-corrected chi connectivity index (χ2v) is 5.95. The molecule has 23 heavy (non-hydrogen) atoms. The van der Waals surface area contributed by atoms with Crippen molar-refractivity contribution >= 4 is 23.4 Å². The molecule has 3 N–H and O–H groups in total. The first-order chi connectivity index (χ1) is 11.0. The normalized spacial score (nSPS) is 11.8. The minimum absolute atomic E-state index is 0.161. The van der Waals surface area contributed by atoms with Crippen LogP contribution in [0.4, 0.5) is 0 Å². The number of primary amides is 1. The molecule has 0 spiro atoms. The zero-order valence-corrected chi connectivity index (χ0v) is 14.5. The maximum absolute atomic E-state index is 11.9. The molecule has 1 aromatic carbocycles. The summed E-state index contributed by atoms with van der Waals surface area (Å²) in [4.78, 5) is 23.2. The van der Waals surface area contributed by atoms with Crippen LogP contribution >= 0.6 is 11.6 Å². The average Bonchev–Trinajstić information content (AvgIpc) is 2.53. The van der Waals surface area contributed by atoms with Gasteiger partial charge in [-0.15, -0.1) is 0 Å². The first-order valence-corrected chi connectivity index (χ1v) is 8.34. The summed E-state index contributed by atoms with van der Waals surface area (Å²) in [6.45, 7) is 4.76. The zero-order chi connectivity index (χ0) is 17.2. The van der Waals surface area contributed by atoms with E-state index in [1.165, 1.54) is 12.1 Å². The maximum Gasteiger partial charge on any atom is 0.257 e. The highest BCUT2D eigenvalue weighted by Gasteiger charge is 2.13. The molecule has 0 heterocycles. The van der Waals surface area contributed by atoms with Gasteiger partial charge in [-0.2, -0.15) is 0 Å². The van der Waals surface area contributed by atoms with Crippen molar-refractivity contribution in [1.29, 1.82) is 0 Å². The van der Waals surface area contributed by atoms with Crippen LogP contribution in [0.15, 0.2) is 18.2 Å². The summed E-state index contributed by atoms with van der Waals surface area (Å²) in [5, 5.41) is 3.25. The van der Waals surface area contributed by atoms with Gasteiger partial charge in [0.2, 0.25) is 0 Å². The summed E-state index contributed by atoms with van der Waals surface area (Å²) in [5.74, 6) is -0.121. The van der Waals surface area contributed by atoms with Crippen molar-refractivity contribution in [2.75, 3.05) is 13.2 Å². The number of ether oxygens (including phenoxy) is 1. The van der Waals surface area contributed by atoms with Gasteiger partial charge in [-0.05, 0) is 30.5 Å². The fraction of sp³-hybridized carbons (Fsp3) is 0.529. The molecule has 2 amide bonds. The summed E-state index contributed by atoms with van der Waals surface area (Å²) in [6, 6.07) is 4.54. The summed E-state index contributed by atoms with van der Waals surface area (Å²) in [5.41, 5.74) is 5.44. The SMILES string of the molecule is CCCC[C@H](CC)CNC(=O)COc1ccc(Cl)cc1C(N)=O. The fourth-order valence-corrected chi connectivity index (χ4v) is 2.39. The quantitative estimate of drug-likeness (QED) is 0.686. The number of hydrogen-bond donors (Lipinski definition) is 2. The molecule has 1 rings (SSSR count). The monoisotopic (exact) mass is 340 g/mol. The van der Waals surface area contributed by atoms with Gasteiger partial charge in [0.25, 0.3) is 11.8 Å². The van der Waals surface area contributed by atoms with E-state index in [2.05, 4.69) is 19.2 Å². The third kappa shape index (κ3) is 6.91. The van der Waals surface area contributed by atoms with E-state index in [1.54, 1.807) is 6.07 Å². The van der Waals surface area contributed by atoms with E-state index in [4.69, 9.17) is 22.1 Å². The molecule has 0 aliphatic rings. The van der Waals surface area contributed by atoms with Crippen molar-refractivity contribution in [3.63, 3.8) is 0 Å². The van der Waals surface area contributed by atoms with E-state index in [9.17, 15) is 9.59 Å². The van der Waals surface area contributed by atoms with Crippen LogP contribution in [-0.4, -0.2) is 25.0 Å². The Kier molecular flexibility index (Phi) is 8.48. The van der Waals surface area contributed by atoms with Crippen molar-refractivity contribution < 1.29 is 14.3 Å². The van der Waals surface area contributed by atoms with Gasteiger partial charge in [-0.1, -0.05) is 44.7 Å². The molecule has 0 bridgehead atoms. The molecule has 6 heteroatoms. The minimum Gasteiger partial charge on any atom is -0.483 e. The third-order valence-corrected chi connectivity index (χ3v) is 3.93. The van der Waals surface area contributed by atoms with Gasteiger partial charge in [-0.3, -0.25) is 9.59 Å². The summed E-state index contributed by atoms with van der Waals surface area (Å²) >= 11 is 5.82. The molecular weight excluding hydrogens is 316 g/mol. The van der Waals surface area contributed by atoms with Gasteiger partial charge in [-0.25, -0.2) is 0 Å². The van der Waals surface area contributed by atoms with Crippen LogP contribution in [0, 0.1) is 5.92 Å². The van der Waals surface area contributed by atoms with Gasteiger partial charge in [0.05, 0.1) is 5.56 Å². The Balaban J connectivity index is 2.49. The van der Waals surface area contributed by atoms with Crippen LogP contribution in [0.2, 0.25) is 5.02 Å². The number of halogens is 1. The number of carbonyl (C=O) groups is 2. The first-order valence-electron chi connectivity index (χ1n) is 7.96. The van der Waals surface area contributed by atoms with E-state index in [1.807, 2.05) is 0 Å². The smallest absolute Gasteiger partial charge is 0.257 e. The van der Waals surface area contributed by atoms with E-state index in [-0.39, 0.29) is 23.8 Å². The van der Waals surface area contributed by atoms with Crippen LogP contribution in [0.3, 0.4) is 0 Å².